The highest BCUT2D eigenvalue weighted by Crippen LogP contribution is 2.21. The summed E-state index contributed by atoms with van der Waals surface area (Å²) in [5, 5.41) is 3.80. The predicted molar refractivity (Wildman–Crippen MR) is 100 cm³/mol. The number of hydrogen-bond acceptors (Lipinski definition) is 2. The van der Waals surface area contributed by atoms with Gasteiger partial charge in [0.15, 0.2) is 0 Å². The van der Waals surface area contributed by atoms with Crippen LogP contribution in [0.5, 0.6) is 0 Å². The Morgan fingerprint density at radius 2 is 1.91 bits per heavy atom. The standard InChI is InChI=1S/C19H22ClNOS/c1-13-8-9-16(10-14(13)2)15(3)21-19(22)12-23-11-17-6-4-5-7-18(17)20/h4-10,15H,11-12H2,1-3H3,(H,21,22)/t15-/m0/s1. The quantitative estimate of drug-likeness (QED) is 0.790. The van der Waals surface area contributed by atoms with Gasteiger partial charge in [-0.1, -0.05) is 48.0 Å². The monoisotopic (exact) mass is 347 g/mol. The van der Waals surface area contributed by atoms with Crippen molar-refractivity contribution in [1.29, 1.82) is 0 Å². The summed E-state index contributed by atoms with van der Waals surface area (Å²) in [4.78, 5) is 12.1. The number of rotatable bonds is 6. The number of thioether (sulfide) groups is 1. The Kier molecular flexibility index (Phi) is 6.55. The topological polar surface area (TPSA) is 29.1 Å². The summed E-state index contributed by atoms with van der Waals surface area (Å²) >= 11 is 7.69. The zero-order chi connectivity index (χ0) is 16.8. The SMILES string of the molecule is Cc1ccc([C@H](C)NC(=O)CSCc2ccccc2Cl)cc1C. The lowest BCUT2D eigenvalue weighted by atomic mass is 10.0. The highest BCUT2D eigenvalue weighted by Gasteiger charge is 2.10. The average Bonchev–Trinajstić information content (AvgIpc) is 2.51. The van der Waals surface area contributed by atoms with Crippen molar-refractivity contribution in [3.63, 3.8) is 0 Å². The van der Waals surface area contributed by atoms with Crippen LogP contribution in [0, 0.1) is 13.8 Å². The Bertz CT molecular complexity index is 687. The Labute approximate surface area is 147 Å². The molecule has 122 valence electrons. The highest BCUT2D eigenvalue weighted by molar-refractivity contribution is 7.99. The molecule has 1 atom stereocenters. The summed E-state index contributed by atoms with van der Waals surface area (Å²) in [6, 6.07) is 14.1. The fraction of sp³-hybridized carbons (Fsp3) is 0.316. The molecule has 0 aliphatic heterocycles. The minimum Gasteiger partial charge on any atom is -0.349 e. The second-order valence-corrected chi connectivity index (χ2v) is 7.11. The molecule has 2 aromatic rings. The molecule has 0 aliphatic rings. The number of amides is 1. The molecule has 4 heteroatoms. The van der Waals surface area contributed by atoms with Gasteiger partial charge in [-0.2, -0.15) is 0 Å². The molecular weight excluding hydrogens is 326 g/mol. The maximum absolute atomic E-state index is 12.1. The van der Waals surface area contributed by atoms with Crippen molar-refractivity contribution < 1.29 is 4.79 Å². The summed E-state index contributed by atoms with van der Waals surface area (Å²) in [5.74, 6) is 1.22. The smallest absolute Gasteiger partial charge is 0.230 e. The molecule has 2 nitrogen and oxygen atoms in total. The molecule has 0 bridgehead atoms. The largest absolute Gasteiger partial charge is 0.349 e. The minimum absolute atomic E-state index is 0.0164. The van der Waals surface area contributed by atoms with Crippen molar-refractivity contribution >= 4 is 29.3 Å². The lowest BCUT2D eigenvalue weighted by molar-refractivity contribution is -0.119. The second-order valence-electron chi connectivity index (χ2n) is 5.72. The third-order valence-corrected chi connectivity index (χ3v) is 5.21. The Balaban J connectivity index is 1.82. The summed E-state index contributed by atoms with van der Waals surface area (Å²) in [7, 11) is 0. The Hall–Kier alpha value is -1.45. The molecular formula is C19H22ClNOS. The van der Waals surface area contributed by atoms with Gasteiger partial charge < -0.3 is 5.32 Å². The Morgan fingerprint density at radius 1 is 1.17 bits per heavy atom. The van der Waals surface area contributed by atoms with Gasteiger partial charge in [0, 0.05) is 10.8 Å². The molecule has 0 saturated carbocycles. The average molecular weight is 348 g/mol. The van der Waals surface area contributed by atoms with Crippen LogP contribution in [-0.4, -0.2) is 11.7 Å². The fourth-order valence-electron chi connectivity index (χ4n) is 2.27. The minimum atomic E-state index is 0.0164. The first-order chi connectivity index (χ1) is 11.0. The van der Waals surface area contributed by atoms with Crippen LogP contribution in [0.2, 0.25) is 5.02 Å². The molecule has 2 rings (SSSR count). The van der Waals surface area contributed by atoms with E-state index in [2.05, 4.69) is 37.4 Å². The Morgan fingerprint density at radius 3 is 2.61 bits per heavy atom. The normalized spacial score (nSPS) is 12.0. The van der Waals surface area contributed by atoms with Crippen LogP contribution in [0.25, 0.3) is 0 Å². The maximum Gasteiger partial charge on any atom is 0.230 e. The highest BCUT2D eigenvalue weighted by atomic mass is 35.5. The van der Waals surface area contributed by atoms with Crippen LogP contribution in [0.4, 0.5) is 0 Å². The van der Waals surface area contributed by atoms with Crippen LogP contribution >= 0.6 is 23.4 Å². The number of carbonyl (C=O) groups is 1. The van der Waals surface area contributed by atoms with Gasteiger partial charge in [-0.05, 0) is 49.1 Å². The molecule has 0 aromatic heterocycles. The van der Waals surface area contributed by atoms with Gasteiger partial charge in [-0.15, -0.1) is 11.8 Å². The van der Waals surface area contributed by atoms with Crippen LogP contribution in [0.15, 0.2) is 42.5 Å². The summed E-state index contributed by atoms with van der Waals surface area (Å²) in [6.07, 6.45) is 0. The van der Waals surface area contributed by atoms with Gasteiger partial charge in [0.05, 0.1) is 11.8 Å². The van der Waals surface area contributed by atoms with Crippen molar-refractivity contribution in [3.8, 4) is 0 Å². The zero-order valence-corrected chi connectivity index (χ0v) is 15.3. The van der Waals surface area contributed by atoms with Gasteiger partial charge in [0.2, 0.25) is 5.91 Å². The lowest BCUT2D eigenvalue weighted by Gasteiger charge is -2.15. The summed E-state index contributed by atoms with van der Waals surface area (Å²) < 4.78 is 0. The van der Waals surface area contributed by atoms with E-state index >= 15 is 0 Å². The first-order valence-corrected chi connectivity index (χ1v) is 9.18. The number of aryl methyl sites for hydroxylation is 2. The van der Waals surface area contributed by atoms with E-state index in [1.165, 1.54) is 11.1 Å². The van der Waals surface area contributed by atoms with Crippen molar-refractivity contribution in [2.75, 3.05) is 5.75 Å². The van der Waals surface area contributed by atoms with E-state index in [1.807, 2.05) is 31.2 Å². The van der Waals surface area contributed by atoms with E-state index < -0.39 is 0 Å². The van der Waals surface area contributed by atoms with Gasteiger partial charge in [-0.25, -0.2) is 0 Å². The van der Waals surface area contributed by atoms with E-state index in [4.69, 9.17) is 11.6 Å². The first kappa shape index (κ1) is 17.9. The van der Waals surface area contributed by atoms with Gasteiger partial charge >= 0.3 is 0 Å². The van der Waals surface area contributed by atoms with Crippen LogP contribution < -0.4 is 5.32 Å². The number of nitrogens with one attached hydrogen (secondary N) is 1. The maximum atomic E-state index is 12.1. The van der Waals surface area contributed by atoms with E-state index in [0.717, 1.165) is 21.9 Å². The van der Waals surface area contributed by atoms with Gasteiger partial charge in [-0.3, -0.25) is 4.79 Å². The van der Waals surface area contributed by atoms with E-state index in [-0.39, 0.29) is 11.9 Å². The van der Waals surface area contributed by atoms with Gasteiger partial charge in [0.25, 0.3) is 0 Å². The third kappa shape index (κ3) is 5.29. The van der Waals surface area contributed by atoms with Crippen molar-refractivity contribution in [2.45, 2.75) is 32.6 Å². The van der Waals surface area contributed by atoms with Crippen LogP contribution in [-0.2, 0) is 10.5 Å². The van der Waals surface area contributed by atoms with Crippen molar-refractivity contribution in [1.82, 2.24) is 5.32 Å². The first-order valence-electron chi connectivity index (χ1n) is 7.65. The predicted octanol–water partition coefficient (Wildman–Crippen LogP) is 5.07. The number of hydrogen-bond donors (Lipinski definition) is 1. The summed E-state index contributed by atoms with van der Waals surface area (Å²) in [5.41, 5.74) is 4.71. The molecule has 23 heavy (non-hydrogen) atoms. The number of carbonyl (C=O) groups excluding carboxylic acids is 1. The molecule has 0 saturated heterocycles. The number of halogens is 1. The lowest BCUT2D eigenvalue weighted by Crippen LogP contribution is -2.28. The molecule has 0 spiro atoms. The molecule has 0 aliphatic carbocycles. The molecule has 0 fully saturated rings. The van der Waals surface area contributed by atoms with E-state index in [1.54, 1.807) is 11.8 Å². The summed E-state index contributed by atoms with van der Waals surface area (Å²) in [6.45, 7) is 6.20. The van der Waals surface area contributed by atoms with Crippen molar-refractivity contribution in [3.05, 3.63) is 69.7 Å². The van der Waals surface area contributed by atoms with E-state index in [0.29, 0.717) is 5.75 Å². The fourth-order valence-corrected chi connectivity index (χ4v) is 3.39. The molecule has 1 N–H and O–H groups in total. The molecule has 0 heterocycles. The zero-order valence-electron chi connectivity index (χ0n) is 13.7. The van der Waals surface area contributed by atoms with Crippen molar-refractivity contribution in [2.24, 2.45) is 0 Å². The second kappa shape index (κ2) is 8.42. The molecule has 0 radical (unpaired) electrons. The van der Waals surface area contributed by atoms with E-state index in [9.17, 15) is 4.79 Å². The number of benzene rings is 2. The van der Waals surface area contributed by atoms with Gasteiger partial charge in [0.1, 0.15) is 0 Å². The van der Waals surface area contributed by atoms with Crippen LogP contribution in [0.1, 0.15) is 35.2 Å². The molecule has 1 amide bonds. The van der Waals surface area contributed by atoms with Crippen LogP contribution in [0.3, 0.4) is 0 Å². The molecule has 2 aromatic carbocycles. The third-order valence-electron chi connectivity index (χ3n) is 3.86. The molecule has 0 unspecified atom stereocenters.